The van der Waals surface area contributed by atoms with Crippen LogP contribution in [0.25, 0.3) is 0 Å². The van der Waals surface area contributed by atoms with Gasteiger partial charge in [-0.15, -0.1) is 0 Å². The molecule has 1 unspecified atom stereocenters. The molecule has 1 aliphatic rings. The summed E-state index contributed by atoms with van der Waals surface area (Å²) in [6.45, 7) is 8.32. The van der Waals surface area contributed by atoms with Gasteiger partial charge in [0.1, 0.15) is 23.4 Å². The van der Waals surface area contributed by atoms with E-state index in [0.717, 1.165) is 48.5 Å². The summed E-state index contributed by atoms with van der Waals surface area (Å²) < 4.78 is 11.2. The lowest BCUT2D eigenvalue weighted by molar-refractivity contribution is 0.223. The van der Waals surface area contributed by atoms with Crippen molar-refractivity contribution in [2.45, 2.75) is 45.8 Å². The SMILES string of the molecule is CCNC(=NCc1ccnc(N2CCCCC2)c1)NCC(C)Oc1cccc(OC)c1. The summed E-state index contributed by atoms with van der Waals surface area (Å²) in [5.41, 5.74) is 1.16. The van der Waals surface area contributed by atoms with Crippen LogP contribution in [0.4, 0.5) is 5.82 Å². The van der Waals surface area contributed by atoms with Gasteiger partial charge in [0.25, 0.3) is 0 Å². The van der Waals surface area contributed by atoms with Gasteiger partial charge >= 0.3 is 0 Å². The lowest BCUT2D eigenvalue weighted by Gasteiger charge is -2.27. The number of pyridine rings is 1. The van der Waals surface area contributed by atoms with E-state index in [9.17, 15) is 0 Å². The van der Waals surface area contributed by atoms with Gasteiger partial charge in [-0.05, 0) is 62.9 Å². The van der Waals surface area contributed by atoms with Gasteiger partial charge in [0.15, 0.2) is 5.96 Å². The Morgan fingerprint density at radius 3 is 2.71 bits per heavy atom. The number of methoxy groups -OCH3 is 1. The Morgan fingerprint density at radius 1 is 1.13 bits per heavy atom. The number of aromatic nitrogens is 1. The molecule has 2 heterocycles. The first kappa shape index (κ1) is 22.7. The van der Waals surface area contributed by atoms with E-state index in [0.29, 0.717) is 13.1 Å². The van der Waals surface area contributed by atoms with Gasteiger partial charge in [-0.1, -0.05) is 6.07 Å². The Kier molecular flexibility index (Phi) is 8.82. The van der Waals surface area contributed by atoms with Crippen LogP contribution in [-0.4, -0.2) is 50.3 Å². The highest BCUT2D eigenvalue weighted by molar-refractivity contribution is 5.79. The summed E-state index contributed by atoms with van der Waals surface area (Å²) in [7, 11) is 1.65. The number of anilines is 1. The number of benzene rings is 1. The second kappa shape index (κ2) is 12.0. The van der Waals surface area contributed by atoms with Crippen LogP contribution in [0.1, 0.15) is 38.7 Å². The number of piperidine rings is 1. The molecule has 0 bridgehead atoms. The minimum Gasteiger partial charge on any atom is -0.497 e. The first-order chi connectivity index (χ1) is 15.2. The largest absolute Gasteiger partial charge is 0.497 e. The number of hydrogen-bond acceptors (Lipinski definition) is 5. The molecule has 1 aliphatic heterocycles. The minimum atomic E-state index is -0.0254. The Labute approximate surface area is 185 Å². The van der Waals surface area contributed by atoms with E-state index in [1.165, 1.54) is 19.3 Å². The number of guanidine groups is 1. The summed E-state index contributed by atoms with van der Waals surface area (Å²) in [6, 6.07) is 11.8. The van der Waals surface area contributed by atoms with E-state index >= 15 is 0 Å². The second-order valence-electron chi connectivity index (χ2n) is 7.75. The maximum Gasteiger partial charge on any atom is 0.191 e. The van der Waals surface area contributed by atoms with Crippen molar-refractivity contribution in [1.82, 2.24) is 15.6 Å². The molecular formula is C24H35N5O2. The standard InChI is InChI=1S/C24H35N5O2/c1-4-25-24(27-17-19(2)31-22-10-8-9-21(16-22)30-3)28-18-20-11-12-26-23(15-20)29-13-6-5-7-14-29/h8-12,15-16,19H,4-7,13-14,17-18H2,1-3H3,(H2,25,27,28). The van der Waals surface area contributed by atoms with Gasteiger partial charge in [0.2, 0.25) is 0 Å². The molecule has 168 valence electrons. The first-order valence-electron chi connectivity index (χ1n) is 11.2. The number of ether oxygens (including phenoxy) is 2. The van der Waals surface area contributed by atoms with Crippen LogP contribution in [-0.2, 0) is 6.54 Å². The zero-order valence-electron chi connectivity index (χ0n) is 18.9. The molecule has 1 saturated heterocycles. The lowest BCUT2D eigenvalue weighted by Crippen LogP contribution is -2.41. The highest BCUT2D eigenvalue weighted by Gasteiger charge is 2.12. The van der Waals surface area contributed by atoms with E-state index in [4.69, 9.17) is 14.5 Å². The molecule has 7 nitrogen and oxygen atoms in total. The van der Waals surface area contributed by atoms with Gasteiger partial charge in [0.05, 0.1) is 20.2 Å². The number of aliphatic imine (C=N–C) groups is 1. The molecular weight excluding hydrogens is 390 g/mol. The molecule has 31 heavy (non-hydrogen) atoms. The third-order valence-electron chi connectivity index (χ3n) is 5.19. The molecule has 7 heteroatoms. The van der Waals surface area contributed by atoms with E-state index in [-0.39, 0.29) is 6.10 Å². The number of hydrogen-bond donors (Lipinski definition) is 2. The smallest absolute Gasteiger partial charge is 0.191 e. The summed E-state index contributed by atoms with van der Waals surface area (Å²) in [5.74, 6) is 3.41. The van der Waals surface area contributed by atoms with Crippen molar-refractivity contribution in [2.24, 2.45) is 4.99 Å². The van der Waals surface area contributed by atoms with Crippen LogP contribution in [0.15, 0.2) is 47.6 Å². The Bertz CT molecular complexity index is 836. The Hall–Kier alpha value is -2.96. The fourth-order valence-electron chi connectivity index (χ4n) is 3.56. The van der Waals surface area contributed by atoms with Crippen LogP contribution in [0, 0.1) is 0 Å². The number of nitrogens with zero attached hydrogens (tertiary/aromatic N) is 3. The minimum absolute atomic E-state index is 0.0254. The second-order valence-corrected chi connectivity index (χ2v) is 7.75. The summed E-state index contributed by atoms with van der Waals surface area (Å²) >= 11 is 0. The Balaban J connectivity index is 1.54. The third-order valence-corrected chi connectivity index (χ3v) is 5.19. The van der Waals surface area contributed by atoms with Crippen LogP contribution in [0.3, 0.4) is 0 Å². The molecule has 2 aromatic rings. The predicted molar refractivity (Wildman–Crippen MR) is 126 cm³/mol. The maximum atomic E-state index is 5.99. The number of rotatable bonds is 9. The molecule has 1 aromatic carbocycles. The topological polar surface area (TPSA) is 71.0 Å². The first-order valence-corrected chi connectivity index (χ1v) is 11.2. The van der Waals surface area contributed by atoms with Crippen LogP contribution in [0.2, 0.25) is 0 Å². The van der Waals surface area contributed by atoms with Crippen LogP contribution < -0.4 is 25.0 Å². The zero-order chi connectivity index (χ0) is 21.9. The molecule has 0 aliphatic carbocycles. The van der Waals surface area contributed by atoms with E-state index in [2.05, 4.69) is 33.5 Å². The average Bonchev–Trinajstić information content (AvgIpc) is 2.82. The monoisotopic (exact) mass is 425 g/mol. The van der Waals surface area contributed by atoms with Gasteiger partial charge in [-0.2, -0.15) is 0 Å². The van der Waals surface area contributed by atoms with Crippen molar-refractivity contribution in [3.63, 3.8) is 0 Å². The van der Waals surface area contributed by atoms with E-state index in [1.807, 2.05) is 43.5 Å². The lowest BCUT2D eigenvalue weighted by atomic mass is 10.1. The fourth-order valence-corrected chi connectivity index (χ4v) is 3.56. The van der Waals surface area contributed by atoms with Crippen LogP contribution >= 0.6 is 0 Å². The van der Waals surface area contributed by atoms with Crippen molar-refractivity contribution in [3.05, 3.63) is 48.2 Å². The molecule has 1 fully saturated rings. The highest BCUT2D eigenvalue weighted by Crippen LogP contribution is 2.20. The van der Waals surface area contributed by atoms with Crippen molar-refractivity contribution >= 4 is 11.8 Å². The van der Waals surface area contributed by atoms with Gasteiger partial charge in [0, 0.05) is 31.9 Å². The summed E-state index contributed by atoms with van der Waals surface area (Å²) in [6.07, 6.45) is 5.67. The molecule has 0 spiro atoms. The highest BCUT2D eigenvalue weighted by atomic mass is 16.5. The molecule has 2 N–H and O–H groups in total. The molecule has 0 radical (unpaired) electrons. The maximum absolute atomic E-state index is 5.99. The van der Waals surface area contributed by atoms with E-state index < -0.39 is 0 Å². The molecule has 3 rings (SSSR count). The average molecular weight is 426 g/mol. The Morgan fingerprint density at radius 2 is 1.94 bits per heavy atom. The quantitative estimate of drug-likeness (QED) is 0.473. The summed E-state index contributed by atoms with van der Waals surface area (Å²) in [5, 5.41) is 6.68. The van der Waals surface area contributed by atoms with Crippen molar-refractivity contribution in [3.8, 4) is 11.5 Å². The molecule has 0 saturated carbocycles. The molecule has 1 atom stereocenters. The molecule has 0 amide bonds. The van der Waals surface area contributed by atoms with Gasteiger partial charge in [-0.25, -0.2) is 9.98 Å². The zero-order valence-corrected chi connectivity index (χ0v) is 18.9. The molecule has 1 aromatic heterocycles. The number of nitrogens with one attached hydrogen (secondary N) is 2. The van der Waals surface area contributed by atoms with Crippen molar-refractivity contribution < 1.29 is 9.47 Å². The summed E-state index contributed by atoms with van der Waals surface area (Å²) in [4.78, 5) is 11.7. The van der Waals surface area contributed by atoms with Crippen molar-refractivity contribution in [1.29, 1.82) is 0 Å². The van der Waals surface area contributed by atoms with Crippen molar-refractivity contribution in [2.75, 3.05) is 38.2 Å². The fraction of sp³-hybridized carbons (Fsp3) is 0.500. The third kappa shape index (κ3) is 7.35. The normalized spacial score (nSPS) is 15.3. The van der Waals surface area contributed by atoms with Gasteiger partial charge in [-0.3, -0.25) is 0 Å². The van der Waals surface area contributed by atoms with Crippen LogP contribution in [0.5, 0.6) is 11.5 Å². The van der Waals surface area contributed by atoms with E-state index in [1.54, 1.807) is 7.11 Å². The van der Waals surface area contributed by atoms with Gasteiger partial charge < -0.3 is 25.0 Å². The predicted octanol–water partition coefficient (Wildman–Crippen LogP) is 3.60.